The fourth-order valence-corrected chi connectivity index (χ4v) is 2.06. The van der Waals surface area contributed by atoms with E-state index in [0.29, 0.717) is 18.4 Å². The third kappa shape index (κ3) is 2.06. The molecule has 0 atom stereocenters. The summed E-state index contributed by atoms with van der Waals surface area (Å²) in [6, 6.07) is 0. The summed E-state index contributed by atoms with van der Waals surface area (Å²) < 4.78 is 14.3. The molecule has 0 saturated heterocycles. The molecule has 1 heterocycles. The quantitative estimate of drug-likeness (QED) is 0.760. The van der Waals surface area contributed by atoms with Gasteiger partial charge in [0.2, 0.25) is 0 Å². The van der Waals surface area contributed by atoms with Gasteiger partial charge in [0, 0.05) is 19.3 Å². The van der Waals surface area contributed by atoms with E-state index < -0.39 is 11.5 Å². The molecule has 0 spiro atoms. The monoisotopic (exact) mass is 227 g/mol. The lowest BCUT2D eigenvalue weighted by molar-refractivity contribution is 0.0957. The van der Waals surface area contributed by atoms with Crippen LogP contribution in [-0.4, -0.2) is 21.3 Å². The van der Waals surface area contributed by atoms with Gasteiger partial charge in [-0.05, 0) is 24.7 Å². The van der Waals surface area contributed by atoms with Gasteiger partial charge in [-0.2, -0.15) is 4.98 Å². The summed E-state index contributed by atoms with van der Waals surface area (Å²) in [5, 5.41) is 8.85. The third-order valence-electron chi connectivity index (χ3n) is 3.02. The van der Waals surface area contributed by atoms with Crippen molar-refractivity contribution < 1.29 is 9.50 Å². The lowest BCUT2D eigenvalue weighted by atomic mass is 9.75. The summed E-state index contributed by atoms with van der Waals surface area (Å²) in [4.78, 5) is 14.8. The highest BCUT2D eigenvalue weighted by Gasteiger charge is 2.28. The fraction of sp³-hybridized carbons (Fsp3) is 0.600. The minimum atomic E-state index is -0.669. The molecule has 0 aliphatic heterocycles. The van der Waals surface area contributed by atoms with E-state index in [4.69, 9.17) is 10.8 Å². The van der Waals surface area contributed by atoms with Crippen LogP contribution in [0.15, 0.2) is 11.0 Å². The van der Waals surface area contributed by atoms with Crippen LogP contribution in [0.5, 0.6) is 0 Å². The molecule has 1 aromatic heterocycles. The molecule has 1 saturated carbocycles. The highest BCUT2D eigenvalue weighted by molar-refractivity contribution is 5.26. The summed E-state index contributed by atoms with van der Waals surface area (Å²) in [7, 11) is 0. The highest BCUT2D eigenvalue weighted by atomic mass is 19.1. The number of aliphatic hydroxyl groups excluding tert-OH is 1. The van der Waals surface area contributed by atoms with Gasteiger partial charge in [0.25, 0.3) is 0 Å². The molecule has 5 nitrogen and oxygen atoms in total. The van der Waals surface area contributed by atoms with E-state index in [1.165, 1.54) is 4.57 Å². The van der Waals surface area contributed by atoms with Crippen molar-refractivity contribution >= 4 is 5.82 Å². The maximum atomic E-state index is 13.1. The Morgan fingerprint density at radius 3 is 2.88 bits per heavy atom. The number of anilines is 1. The Labute approximate surface area is 91.7 Å². The molecular formula is C10H14FN3O2. The second kappa shape index (κ2) is 4.21. The van der Waals surface area contributed by atoms with Crippen LogP contribution in [-0.2, 0) is 6.54 Å². The summed E-state index contributed by atoms with van der Waals surface area (Å²) in [6.07, 6.45) is 2.83. The lowest BCUT2D eigenvalue weighted by Crippen LogP contribution is -2.34. The first-order valence-corrected chi connectivity index (χ1v) is 5.23. The zero-order valence-corrected chi connectivity index (χ0v) is 8.77. The molecule has 1 aliphatic rings. The zero-order chi connectivity index (χ0) is 11.7. The number of nitrogens with zero attached hydrogens (tertiary/aromatic N) is 2. The van der Waals surface area contributed by atoms with Gasteiger partial charge >= 0.3 is 5.69 Å². The molecule has 88 valence electrons. The smallest absolute Gasteiger partial charge is 0.349 e. The standard InChI is InChI=1S/C10H14FN3O2/c11-8-4-14(10(16)13-9(8)12)3-6-1-7(2-6)5-15/h4,6-7,15H,1-3,5H2,(H2,12,13,16). The average Bonchev–Trinajstić information content (AvgIpc) is 2.18. The van der Waals surface area contributed by atoms with Crippen LogP contribution in [0.3, 0.4) is 0 Å². The van der Waals surface area contributed by atoms with Gasteiger partial charge < -0.3 is 10.8 Å². The average molecular weight is 227 g/mol. The van der Waals surface area contributed by atoms with Crippen molar-refractivity contribution in [1.82, 2.24) is 9.55 Å². The molecule has 0 amide bonds. The maximum Gasteiger partial charge on any atom is 0.349 e. The zero-order valence-electron chi connectivity index (χ0n) is 8.77. The van der Waals surface area contributed by atoms with Gasteiger partial charge in [-0.25, -0.2) is 9.18 Å². The first-order chi connectivity index (χ1) is 7.60. The van der Waals surface area contributed by atoms with Crippen molar-refractivity contribution in [3.63, 3.8) is 0 Å². The number of halogens is 1. The van der Waals surface area contributed by atoms with Gasteiger partial charge in [0.15, 0.2) is 11.6 Å². The van der Waals surface area contributed by atoms with E-state index in [9.17, 15) is 9.18 Å². The minimum absolute atomic E-state index is 0.180. The minimum Gasteiger partial charge on any atom is -0.396 e. The van der Waals surface area contributed by atoms with E-state index in [1.807, 2.05) is 0 Å². The Morgan fingerprint density at radius 1 is 1.56 bits per heavy atom. The summed E-state index contributed by atoms with van der Waals surface area (Å²) >= 11 is 0. The maximum absolute atomic E-state index is 13.1. The van der Waals surface area contributed by atoms with Crippen molar-refractivity contribution in [2.75, 3.05) is 12.3 Å². The second-order valence-electron chi connectivity index (χ2n) is 4.30. The molecule has 1 aliphatic carbocycles. The lowest BCUT2D eigenvalue weighted by Gasteiger charge is -2.34. The SMILES string of the molecule is Nc1nc(=O)n(CC2CC(CO)C2)cc1F. The molecule has 1 aromatic rings. The van der Waals surface area contributed by atoms with E-state index >= 15 is 0 Å². The summed E-state index contributed by atoms with van der Waals surface area (Å²) in [5.41, 5.74) is 4.66. The van der Waals surface area contributed by atoms with Gasteiger partial charge in [-0.15, -0.1) is 0 Å². The molecule has 0 bridgehead atoms. The highest BCUT2D eigenvalue weighted by Crippen LogP contribution is 2.33. The topological polar surface area (TPSA) is 81.1 Å². The first-order valence-electron chi connectivity index (χ1n) is 5.23. The number of rotatable bonds is 3. The molecular weight excluding hydrogens is 213 g/mol. The van der Waals surface area contributed by atoms with Crippen LogP contribution in [0.1, 0.15) is 12.8 Å². The van der Waals surface area contributed by atoms with Gasteiger partial charge in [-0.3, -0.25) is 4.57 Å². The van der Waals surface area contributed by atoms with E-state index in [0.717, 1.165) is 19.0 Å². The van der Waals surface area contributed by atoms with Gasteiger partial charge in [-0.1, -0.05) is 0 Å². The van der Waals surface area contributed by atoms with Crippen LogP contribution in [0.2, 0.25) is 0 Å². The largest absolute Gasteiger partial charge is 0.396 e. The predicted octanol–water partition coefficient (Wildman–Crippen LogP) is -0.0169. The normalized spacial score (nSPS) is 24.1. The number of aromatic nitrogens is 2. The molecule has 0 radical (unpaired) electrons. The second-order valence-corrected chi connectivity index (χ2v) is 4.30. The Kier molecular flexibility index (Phi) is 2.91. The number of hydrogen-bond donors (Lipinski definition) is 2. The Morgan fingerprint density at radius 2 is 2.25 bits per heavy atom. The summed E-state index contributed by atoms with van der Waals surface area (Å²) in [5.74, 6) is -0.382. The Bertz CT molecular complexity index is 440. The first kappa shape index (κ1) is 11.1. The fourth-order valence-electron chi connectivity index (χ4n) is 2.06. The van der Waals surface area contributed by atoms with E-state index in [1.54, 1.807) is 0 Å². The van der Waals surface area contributed by atoms with Crippen LogP contribution >= 0.6 is 0 Å². The Hall–Kier alpha value is -1.43. The molecule has 3 N–H and O–H groups in total. The van der Waals surface area contributed by atoms with Gasteiger partial charge in [0.1, 0.15) is 0 Å². The molecule has 6 heteroatoms. The Balaban J connectivity index is 2.05. The number of hydrogen-bond acceptors (Lipinski definition) is 4. The van der Waals surface area contributed by atoms with Crippen LogP contribution < -0.4 is 11.4 Å². The van der Waals surface area contributed by atoms with E-state index in [2.05, 4.69) is 4.98 Å². The van der Waals surface area contributed by atoms with Crippen molar-refractivity contribution in [3.05, 3.63) is 22.5 Å². The van der Waals surface area contributed by atoms with E-state index in [-0.39, 0.29) is 12.4 Å². The van der Waals surface area contributed by atoms with Crippen molar-refractivity contribution in [1.29, 1.82) is 0 Å². The molecule has 0 aromatic carbocycles. The van der Waals surface area contributed by atoms with Gasteiger partial charge in [0.05, 0.1) is 0 Å². The number of nitrogen functional groups attached to an aromatic ring is 1. The van der Waals surface area contributed by atoms with Crippen LogP contribution in [0.25, 0.3) is 0 Å². The molecule has 0 unspecified atom stereocenters. The van der Waals surface area contributed by atoms with Crippen LogP contribution in [0.4, 0.5) is 10.2 Å². The van der Waals surface area contributed by atoms with Crippen LogP contribution in [0, 0.1) is 17.7 Å². The molecule has 1 fully saturated rings. The van der Waals surface area contributed by atoms with Crippen molar-refractivity contribution in [2.24, 2.45) is 11.8 Å². The van der Waals surface area contributed by atoms with Crippen molar-refractivity contribution in [3.8, 4) is 0 Å². The third-order valence-corrected chi connectivity index (χ3v) is 3.02. The number of aliphatic hydroxyl groups is 1. The molecule has 2 rings (SSSR count). The molecule has 16 heavy (non-hydrogen) atoms. The predicted molar refractivity (Wildman–Crippen MR) is 56.2 cm³/mol. The summed E-state index contributed by atoms with van der Waals surface area (Å²) in [6.45, 7) is 0.624. The van der Waals surface area contributed by atoms with Crippen molar-refractivity contribution in [2.45, 2.75) is 19.4 Å². The number of nitrogens with two attached hydrogens (primary N) is 1.